The van der Waals surface area contributed by atoms with Crippen molar-refractivity contribution in [2.75, 3.05) is 25.9 Å². The summed E-state index contributed by atoms with van der Waals surface area (Å²) in [5.41, 5.74) is 6.41. The molecular weight excluding hydrogens is 252 g/mol. The zero-order chi connectivity index (χ0) is 13.1. The van der Waals surface area contributed by atoms with Crippen LogP contribution in [0.15, 0.2) is 18.2 Å². The Hall–Kier alpha value is -1.26. The normalized spacial score (nSPS) is 17.7. The first-order valence-corrected chi connectivity index (χ1v) is 6.39. The van der Waals surface area contributed by atoms with Crippen LogP contribution in [0.5, 0.6) is 0 Å². The molecule has 1 fully saturated rings. The molecule has 2 N–H and O–H groups in total. The van der Waals surface area contributed by atoms with Crippen molar-refractivity contribution < 1.29 is 9.53 Å². The Labute approximate surface area is 112 Å². The van der Waals surface area contributed by atoms with Crippen molar-refractivity contribution in [3.63, 3.8) is 0 Å². The fourth-order valence-electron chi connectivity index (χ4n) is 2.03. The van der Waals surface area contributed by atoms with E-state index in [0.29, 0.717) is 10.6 Å². The molecule has 0 aromatic heterocycles. The van der Waals surface area contributed by atoms with E-state index >= 15 is 0 Å². The first kappa shape index (κ1) is 13.2. The van der Waals surface area contributed by atoms with Gasteiger partial charge in [-0.25, -0.2) is 4.79 Å². The Morgan fingerprint density at radius 2 is 2.11 bits per heavy atom. The number of anilines is 1. The number of likely N-dealkylation sites (tertiary alicyclic amines) is 1. The monoisotopic (exact) mass is 268 g/mol. The van der Waals surface area contributed by atoms with Crippen molar-refractivity contribution in [2.24, 2.45) is 0 Å². The van der Waals surface area contributed by atoms with Gasteiger partial charge in [0.25, 0.3) is 0 Å². The molecule has 1 heterocycles. The third kappa shape index (κ3) is 2.94. The van der Waals surface area contributed by atoms with E-state index in [1.807, 2.05) is 0 Å². The number of nitrogen functional groups attached to an aromatic ring is 1. The van der Waals surface area contributed by atoms with Crippen LogP contribution in [0.2, 0.25) is 5.02 Å². The summed E-state index contributed by atoms with van der Waals surface area (Å²) in [4.78, 5) is 14.2. The quantitative estimate of drug-likeness (QED) is 0.660. The maximum Gasteiger partial charge on any atom is 0.340 e. The number of piperidine rings is 1. The molecule has 5 heteroatoms. The van der Waals surface area contributed by atoms with Gasteiger partial charge in [0.2, 0.25) is 0 Å². The molecular formula is C13H17ClN2O2. The van der Waals surface area contributed by atoms with Gasteiger partial charge in [-0.05, 0) is 32.0 Å². The highest BCUT2D eigenvalue weighted by Crippen LogP contribution is 2.24. The summed E-state index contributed by atoms with van der Waals surface area (Å²) in [5.74, 6) is -0.385. The number of benzene rings is 1. The maximum absolute atomic E-state index is 12.0. The lowest BCUT2D eigenvalue weighted by Gasteiger charge is -2.28. The van der Waals surface area contributed by atoms with Crippen LogP contribution in [0.4, 0.5) is 5.69 Å². The van der Waals surface area contributed by atoms with Crippen LogP contribution in [-0.4, -0.2) is 37.1 Å². The van der Waals surface area contributed by atoms with E-state index in [1.165, 1.54) is 0 Å². The van der Waals surface area contributed by atoms with Crippen molar-refractivity contribution in [2.45, 2.75) is 18.9 Å². The smallest absolute Gasteiger partial charge is 0.340 e. The molecule has 0 amide bonds. The Morgan fingerprint density at radius 1 is 1.44 bits per heavy atom. The maximum atomic E-state index is 12.0. The van der Waals surface area contributed by atoms with Crippen LogP contribution in [-0.2, 0) is 4.74 Å². The first-order chi connectivity index (χ1) is 8.58. The number of nitrogens with zero attached hydrogens (tertiary/aromatic N) is 1. The number of nitrogens with two attached hydrogens (primary N) is 1. The average molecular weight is 269 g/mol. The number of esters is 1. The van der Waals surface area contributed by atoms with Crippen molar-refractivity contribution in [1.82, 2.24) is 4.90 Å². The number of carbonyl (C=O) groups is 1. The summed E-state index contributed by atoms with van der Waals surface area (Å²) in [6.07, 6.45) is 1.71. The van der Waals surface area contributed by atoms with Gasteiger partial charge < -0.3 is 15.4 Å². The van der Waals surface area contributed by atoms with Gasteiger partial charge in [0.1, 0.15) is 6.10 Å². The molecule has 1 aliphatic rings. The molecule has 0 spiro atoms. The lowest BCUT2D eigenvalue weighted by molar-refractivity contribution is 0.0140. The van der Waals surface area contributed by atoms with E-state index in [1.54, 1.807) is 18.2 Å². The SMILES string of the molecule is CN1CCC(OC(=O)c2cccc(Cl)c2N)CC1. The number of hydrogen-bond acceptors (Lipinski definition) is 4. The zero-order valence-corrected chi connectivity index (χ0v) is 11.1. The van der Waals surface area contributed by atoms with E-state index in [9.17, 15) is 4.79 Å². The third-order valence-corrected chi connectivity index (χ3v) is 3.54. The van der Waals surface area contributed by atoms with Gasteiger partial charge in [-0.15, -0.1) is 0 Å². The summed E-state index contributed by atoms with van der Waals surface area (Å²) in [6.45, 7) is 1.89. The van der Waals surface area contributed by atoms with Crippen LogP contribution >= 0.6 is 11.6 Å². The molecule has 1 aromatic carbocycles. The minimum Gasteiger partial charge on any atom is -0.459 e. The van der Waals surface area contributed by atoms with Crippen LogP contribution in [0.25, 0.3) is 0 Å². The highest BCUT2D eigenvalue weighted by atomic mass is 35.5. The zero-order valence-electron chi connectivity index (χ0n) is 10.4. The highest BCUT2D eigenvalue weighted by Gasteiger charge is 2.22. The Kier molecular flexibility index (Phi) is 4.09. The topological polar surface area (TPSA) is 55.6 Å². The molecule has 0 radical (unpaired) electrons. The van der Waals surface area contributed by atoms with Gasteiger partial charge in [-0.1, -0.05) is 17.7 Å². The number of rotatable bonds is 2. The number of ether oxygens (including phenoxy) is 1. The second kappa shape index (κ2) is 5.59. The highest BCUT2D eigenvalue weighted by molar-refractivity contribution is 6.33. The van der Waals surface area contributed by atoms with Gasteiger partial charge >= 0.3 is 5.97 Å². The average Bonchev–Trinajstić information content (AvgIpc) is 2.35. The van der Waals surface area contributed by atoms with Gasteiger partial charge in [0, 0.05) is 13.1 Å². The summed E-state index contributed by atoms with van der Waals surface area (Å²) in [5, 5.41) is 0.382. The van der Waals surface area contributed by atoms with E-state index < -0.39 is 0 Å². The van der Waals surface area contributed by atoms with Gasteiger partial charge in [-0.2, -0.15) is 0 Å². The Morgan fingerprint density at radius 3 is 2.78 bits per heavy atom. The molecule has 1 saturated heterocycles. The number of halogens is 1. The minimum atomic E-state index is -0.385. The minimum absolute atomic E-state index is 0.0212. The van der Waals surface area contributed by atoms with Crippen LogP contribution in [0, 0.1) is 0 Å². The van der Waals surface area contributed by atoms with Crippen LogP contribution in [0.1, 0.15) is 23.2 Å². The second-order valence-corrected chi connectivity index (χ2v) is 5.02. The van der Waals surface area contributed by atoms with Crippen molar-refractivity contribution in [1.29, 1.82) is 0 Å². The third-order valence-electron chi connectivity index (χ3n) is 3.21. The van der Waals surface area contributed by atoms with Crippen LogP contribution < -0.4 is 5.73 Å². The number of para-hydroxylation sites is 1. The molecule has 1 aromatic rings. The van der Waals surface area contributed by atoms with E-state index in [2.05, 4.69) is 11.9 Å². The summed E-state index contributed by atoms with van der Waals surface area (Å²) in [6, 6.07) is 4.99. The molecule has 1 aliphatic heterocycles. The summed E-state index contributed by atoms with van der Waals surface area (Å²) >= 11 is 5.88. The molecule has 0 bridgehead atoms. The summed E-state index contributed by atoms with van der Waals surface area (Å²) < 4.78 is 5.46. The standard InChI is InChI=1S/C13H17ClN2O2/c1-16-7-5-9(6-8-16)18-13(17)10-3-2-4-11(14)12(10)15/h2-4,9H,5-8,15H2,1H3. The Bertz CT molecular complexity index is 443. The first-order valence-electron chi connectivity index (χ1n) is 6.01. The predicted octanol–water partition coefficient (Wildman–Crippen LogP) is 2.17. The predicted molar refractivity (Wildman–Crippen MR) is 71.8 cm³/mol. The summed E-state index contributed by atoms with van der Waals surface area (Å²) in [7, 11) is 2.06. The molecule has 0 atom stereocenters. The number of hydrogen-bond donors (Lipinski definition) is 1. The van der Waals surface area contributed by atoms with E-state index in [0.717, 1.165) is 25.9 Å². The molecule has 2 rings (SSSR count). The second-order valence-electron chi connectivity index (χ2n) is 4.61. The molecule has 0 saturated carbocycles. The molecule has 4 nitrogen and oxygen atoms in total. The van der Waals surface area contributed by atoms with E-state index in [-0.39, 0.29) is 17.8 Å². The Balaban J connectivity index is 2.01. The van der Waals surface area contributed by atoms with Crippen molar-refractivity contribution in [3.8, 4) is 0 Å². The van der Waals surface area contributed by atoms with Crippen LogP contribution in [0.3, 0.4) is 0 Å². The molecule has 18 heavy (non-hydrogen) atoms. The van der Waals surface area contributed by atoms with Gasteiger partial charge in [0.05, 0.1) is 16.3 Å². The van der Waals surface area contributed by atoms with Gasteiger partial charge in [-0.3, -0.25) is 0 Å². The molecule has 98 valence electrons. The molecule has 0 aliphatic carbocycles. The molecule has 0 unspecified atom stereocenters. The lowest BCUT2D eigenvalue weighted by Crippen LogP contribution is -2.35. The fraction of sp³-hybridized carbons (Fsp3) is 0.462. The van der Waals surface area contributed by atoms with Gasteiger partial charge in [0.15, 0.2) is 0 Å². The van der Waals surface area contributed by atoms with Crippen molar-refractivity contribution >= 4 is 23.3 Å². The fourth-order valence-corrected chi connectivity index (χ4v) is 2.21. The lowest BCUT2D eigenvalue weighted by atomic mass is 10.1. The van der Waals surface area contributed by atoms with E-state index in [4.69, 9.17) is 22.1 Å². The number of carbonyl (C=O) groups excluding carboxylic acids is 1. The largest absolute Gasteiger partial charge is 0.459 e. The van der Waals surface area contributed by atoms with Crippen molar-refractivity contribution in [3.05, 3.63) is 28.8 Å².